The minimum atomic E-state index is -0.367. The van der Waals surface area contributed by atoms with Crippen molar-refractivity contribution in [3.63, 3.8) is 0 Å². The Kier molecular flexibility index (Phi) is 4.02. The Morgan fingerprint density at radius 1 is 1.24 bits per heavy atom. The molecule has 2 aromatic rings. The van der Waals surface area contributed by atoms with E-state index in [0.29, 0.717) is 5.69 Å². The van der Waals surface area contributed by atoms with E-state index >= 15 is 0 Å². The molecule has 0 atom stereocenters. The van der Waals surface area contributed by atoms with Crippen molar-refractivity contribution in [3.8, 4) is 5.75 Å². The zero-order chi connectivity index (χ0) is 15.5. The molecule has 0 aliphatic rings. The SMILES string of the molecule is CC(C)(C)c1nnc(NN=Cc2ccc(O)cc2)[nH]c1=O. The number of aromatic nitrogens is 3. The minimum absolute atomic E-state index is 0.169. The van der Waals surface area contributed by atoms with Crippen LogP contribution in [-0.2, 0) is 5.41 Å². The summed E-state index contributed by atoms with van der Waals surface area (Å²) in [5.74, 6) is 0.358. The van der Waals surface area contributed by atoms with Gasteiger partial charge in [-0.05, 0) is 29.8 Å². The molecule has 2 rings (SSSR count). The van der Waals surface area contributed by atoms with Crippen molar-refractivity contribution in [3.05, 3.63) is 45.9 Å². The Hall–Kier alpha value is -2.70. The van der Waals surface area contributed by atoms with Crippen LogP contribution in [0, 0.1) is 0 Å². The Morgan fingerprint density at radius 3 is 2.48 bits per heavy atom. The van der Waals surface area contributed by atoms with Gasteiger partial charge in [0.25, 0.3) is 5.56 Å². The number of nitrogens with one attached hydrogen (secondary N) is 2. The van der Waals surface area contributed by atoms with Crippen molar-refractivity contribution in [1.29, 1.82) is 0 Å². The molecule has 0 aliphatic heterocycles. The summed E-state index contributed by atoms with van der Waals surface area (Å²) < 4.78 is 0. The molecule has 7 nitrogen and oxygen atoms in total. The Morgan fingerprint density at radius 2 is 1.90 bits per heavy atom. The maximum atomic E-state index is 11.9. The molecule has 110 valence electrons. The maximum absolute atomic E-state index is 11.9. The van der Waals surface area contributed by atoms with Crippen molar-refractivity contribution >= 4 is 12.2 Å². The number of aromatic hydroxyl groups is 1. The summed E-state index contributed by atoms with van der Waals surface area (Å²) in [5, 5.41) is 20.9. The number of hydrogen-bond acceptors (Lipinski definition) is 6. The van der Waals surface area contributed by atoms with Crippen molar-refractivity contribution in [2.24, 2.45) is 5.10 Å². The van der Waals surface area contributed by atoms with Crippen LogP contribution in [0.1, 0.15) is 32.0 Å². The van der Waals surface area contributed by atoms with Gasteiger partial charge in [-0.1, -0.05) is 20.8 Å². The number of H-pyrrole nitrogens is 1. The second-order valence-electron chi connectivity index (χ2n) is 5.56. The third-order valence-corrected chi connectivity index (χ3v) is 2.68. The first-order chi connectivity index (χ1) is 9.86. The van der Waals surface area contributed by atoms with Gasteiger partial charge in [0, 0.05) is 5.41 Å². The smallest absolute Gasteiger partial charge is 0.274 e. The first-order valence-corrected chi connectivity index (χ1v) is 6.42. The molecule has 1 aromatic heterocycles. The van der Waals surface area contributed by atoms with Gasteiger partial charge in [0.1, 0.15) is 11.4 Å². The number of phenolic OH excluding ortho intramolecular Hbond substituents is 1. The summed E-state index contributed by atoms with van der Waals surface area (Å²) in [5.41, 5.74) is 3.11. The summed E-state index contributed by atoms with van der Waals surface area (Å²) in [6.07, 6.45) is 1.54. The molecule has 0 aliphatic carbocycles. The number of hydrazone groups is 1. The highest BCUT2D eigenvalue weighted by Crippen LogP contribution is 2.15. The van der Waals surface area contributed by atoms with Crippen LogP contribution in [0.25, 0.3) is 0 Å². The molecule has 0 saturated carbocycles. The fraction of sp³-hybridized carbons (Fsp3) is 0.286. The molecule has 0 fully saturated rings. The molecule has 7 heteroatoms. The van der Waals surface area contributed by atoms with E-state index in [0.717, 1.165) is 5.56 Å². The maximum Gasteiger partial charge on any atom is 0.274 e. The van der Waals surface area contributed by atoms with Gasteiger partial charge >= 0.3 is 0 Å². The van der Waals surface area contributed by atoms with E-state index in [1.807, 2.05) is 20.8 Å². The molecule has 21 heavy (non-hydrogen) atoms. The standard InChI is InChI=1S/C14H17N5O2/c1-14(2,3)11-12(21)16-13(19-17-11)18-15-8-9-4-6-10(20)7-5-9/h4-8,20H,1-3H3,(H2,16,18,19,21). The van der Waals surface area contributed by atoms with Gasteiger partial charge in [0.2, 0.25) is 5.95 Å². The molecule has 0 amide bonds. The number of benzene rings is 1. The first-order valence-electron chi connectivity index (χ1n) is 6.42. The van der Waals surface area contributed by atoms with Gasteiger partial charge in [-0.25, -0.2) is 5.43 Å². The number of aromatic amines is 1. The lowest BCUT2D eigenvalue weighted by Gasteiger charge is -2.15. The largest absolute Gasteiger partial charge is 0.508 e. The van der Waals surface area contributed by atoms with Gasteiger partial charge in [0.15, 0.2) is 0 Å². The van der Waals surface area contributed by atoms with Crippen molar-refractivity contribution in [2.45, 2.75) is 26.2 Å². The van der Waals surface area contributed by atoms with Crippen molar-refractivity contribution in [1.82, 2.24) is 15.2 Å². The van der Waals surface area contributed by atoms with Crippen LogP contribution in [0.4, 0.5) is 5.95 Å². The van der Waals surface area contributed by atoms with E-state index < -0.39 is 0 Å². The van der Waals surface area contributed by atoms with Crippen molar-refractivity contribution < 1.29 is 5.11 Å². The average Bonchev–Trinajstić information content (AvgIpc) is 2.40. The highest BCUT2D eigenvalue weighted by molar-refractivity contribution is 5.80. The summed E-state index contributed by atoms with van der Waals surface area (Å²) in [7, 11) is 0. The fourth-order valence-electron chi connectivity index (χ4n) is 1.61. The molecular formula is C14H17N5O2. The predicted molar refractivity (Wildman–Crippen MR) is 80.7 cm³/mol. The highest BCUT2D eigenvalue weighted by atomic mass is 16.3. The third kappa shape index (κ3) is 3.88. The van der Waals surface area contributed by atoms with Crippen LogP contribution >= 0.6 is 0 Å². The van der Waals surface area contributed by atoms with Gasteiger partial charge in [-0.3, -0.25) is 9.78 Å². The molecule has 0 spiro atoms. The van der Waals surface area contributed by atoms with E-state index in [1.165, 1.54) is 6.21 Å². The molecule has 0 bridgehead atoms. The van der Waals surface area contributed by atoms with Gasteiger partial charge < -0.3 is 5.11 Å². The molecule has 0 saturated heterocycles. The van der Waals surface area contributed by atoms with Gasteiger partial charge in [0.05, 0.1) is 6.21 Å². The summed E-state index contributed by atoms with van der Waals surface area (Å²) in [6, 6.07) is 6.53. The quantitative estimate of drug-likeness (QED) is 0.588. The van der Waals surface area contributed by atoms with Crippen LogP contribution in [-0.4, -0.2) is 26.5 Å². The second kappa shape index (κ2) is 5.74. The lowest BCUT2D eigenvalue weighted by Crippen LogP contribution is -2.28. The van der Waals surface area contributed by atoms with E-state index in [1.54, 1.807) is 24.3 Å². The molecule has 3 N–H and O–H groups in total. The molecule has 0 unspecified atom stereocenters. The van der Waals surface area contributed by atoms with E-state index in [2.05, 4.69) is 25.7 Å². The van der Waals surface area contributed by atoms with E-state index in [-0.39, 0.29) is 22.7 Å². The predicted octanol–water partition coefficient (Wildman–Crippen LogP) is 1.61. The van der Waals surface area contributed by atoms with Gasteiger partial charge in [-0.2, -0.15) is 5.10 Å². The van der Waals surface area contributed by atoms with Crippen molar-refractivity contribution in [2.75, 3.05) is 5.43 Å². The third-order valence-electron chi connectivity index (χ3n) is 2.68. The lowest BCUT2D eigenvalue weighted by atomic mass is 9.93. The number of phenols is 1. The summed E-state index contributed by atoms with van der Waals surface area (Å²) >= 11 is 0. The Labute approximate surface area is 121 Å². The summed E-state index contributed by atoms with van der Waals surface area (Å²) in [6.45, 7) is 5.67. The van der Waals surface area contributed by atoms with Crippen LogP contribution in [0.5, 0.6) is 5.75 Å². The summed E-state index contributed by atoms with van der Waals surface area (Å²) in [4.78, 5) is 14.5. The van der Waals surface area contributed by atoms with Crippen LogP contribution in [0.3, 0.4) is 0 Å². The normalized spacial score (nSPS) is 11.8. The molecular weight excluding hydrogens is 270 g/mol. The highest BCUT2D eigenvalue weighted by Gasteiger charge is 2.20. The topological polar surface area (TPSA) is 103 Å². The number of anilines is 1. The lowest BCUT2D eigenvalue weighted by molar-refractivity contribution is 0.475. The number of nitrogens with zero attached hydrogens (tertiary/aromatic N) is 3. The zero-order valence-electron chi connectivity index (χ0n) is 12.1. The zero-order valence-corrected chi connectivity index (χ0v) is 12.1. The minimum Gasteiger partial charge on any atom is -0.508 e. The second-order valence-corrected chi connectivity index (χ2v) is 5.56. The monoisotopic (exact) mass is 287 g/mol. The average molecular weight is 287 g/mol. The van der Waals surface area contributed by atoms with E-state index in [4.69, 9.17) is 5.11 Å². The Bertz CT molecular complexity index is 699. The van der Waals surface area contributed by atoms with Crippen LogP contribution in [0.2, 0.25) is 0 Å². The fourth-order valence-corrected chi connectivity index (χ4v) is 1.61. The number of rotatable bonds is 3. The molecule has 0 radical (unpaired) electrons. The van der Waals surface area contributed by atoms with Gasteiger partial charge in [-0.15, -0.1) is 10.2 Å². The number of hydrogen-bond donors (Lipinski definition) is 3. The van der Waals surface area contributed by atoms with E-state index in [9.17, 15) is 4.79 Å². The van der Waals surface area contributed by atoms with Crippen LogP contribution in [0.15, 0.2) is 34.2 Å². The Balaban J connectivity index is 2.09. The molecule has 1 heterocycles. The van der Waals surface area contributed by atoms with Crippen LogP contribution < -0.4 is 11.0 Å². The first kappa shape index (κ1) is 14.7. The molecule has 1 aromatic carbocycles.